The molecule has 1 aliphatic rings. The number of nitrogens with one attached hydrogen (secondary N) is 1. The Bertz CT molecular complexity index is 378. The second-order valence-electron chi connectivity index (χ2n) is 4.82. The Morgan fingerprint density at radius 1 is 1.33 bits per heavy atom. The van der Waals surface area contributed by atoms with Crippen LogP contribution in [0, 0.1) is 0 Å². The predicted octanol–water partition coefficient (Wildman–Crippen LogP) is 0.332. The number of carbonyl (C=O) groups excluding carboxylic acids is 3. The molecule has 8 heteroatoms. The third-order valence-electron chi connectivity index (χ3n) is 3.25. The number of carbonyl (C=O) groups is 3. The van der Waals surface area contributed by atoms with E-state index in [0.717, 1.165) is 25.0 Å². The number of rotatable bonds is 7. The normalized spacial score (nSPS) is 18.1. The summed E-state index contributed by atoms with van der Waals surface area (Å²) in [4.78, 5) is 35.8. The summed E-state index contributed by atoms with van der Waals surface area (Å²) in [5.41, 5.74) is 4.95. The average Bonchev–Trinajstić information content (AvgIpc) is 2.49. The van der Waals surface area contributed by atoms with Crippen LogP contribution in [0.4, 0.5) is 4.79 Å². The third kappa shape index (κ3) is 6.70. The number of urea groups is 1. The molecular formula is C13H23N3O4S. The Labute approximate surface area is 128 Å². The van der Waals surface area contributed by atoms with Crippen molar-refractivity contribution in [3.63, 3.8) is 0 Å². The molecule has 1 fully saturated rings. The molecule has 0 aromatic heterocycles. The summed E-state index contributed by atoms with van der Waals surface area (Å²) >= 11 is 1.53. The highest BCUT2D eigenvalue weighted by atomic mass is 32.2. The molecular weight excluding hydrogens is 294 g/mol. The fraction of sp³-hybridized carbons (Fsp3) is 0.769. The Morgan fingerprint density at radius 3 is 2.76 bits per heavy atom. The molecule has 7 nitrogen and oxygen atoms in total. The number of unbranched alkanes of at least 4 members (excludes halogenated alkanes) is 2. The number of hydrogen-bond acceptors (Lipinski definition) is 5. The summed E-state index contributed by atoms with van der Waals surface area (Å²) in [5, 5.41) is 2.24. The molecule has 0 aliphatic carbocycles. The maximum atomic E-state index is 12.1. The monoisotopic (exact) mass is 317 g/mol. The van der Waals surface area contributed by atoms with Crippen LogP contribution < -0.4 is 11.1 Å². The van der Waals surface area contributed by atoms with Gasteiger partial charge < -0.3 is 20.7 Å². The maximum absolute atomic E-state index is 12.1. The lowest BCUT2D eigenvalue weighted by Crippen LogP contribution is -2.44. The van der Waals surface area contributed by atoms with Gasteiger partial charge in [0.1, 0.15) is 5.25 Å². The van der Waals surface area contributed by atoms with E-state index in [1.54, 1.807) is 4.90 Å². The number of nitrogens with zero attached hydrogens (tertiary/aromatic N) is 1. The fourth-order valence-electron chi connectivity index (χ4n) is 2.10. The van der Waals surface area contributed by atoms with Gasteiger partial charge in [0.2, 0.25) is 5.91 Å². The molecule has 3 amide bonds. The van der Waals surface area contributed by atoms with Gasteiger partial charge in [-0.25, -0.2) is 4.79 Å². The van der Waals surface area contributed by atoms with Crippen molar-refractivity contribution in [1.29, 1.82) is 0 Å². The molecule has 3 N–H and O–H groups in total. The zero-order valence-electron chi connectivity index (χ0n) is 12.3. The van der Waals surface area contributed by atoms with Crippen LogP contribution in [0.3, 0.4) is 0 Å². The van der Waals surface area contributed by atoms with E-state index in [4.69, 9.17) is 10.5 Å². The van der Waals surface area contributed by atoms with Gasteiger partial charge in [-0.2, -0.15) is 0 Å². The number of thioether (sulfide) groups is 1. The molecule has 1 heterocycles. The fourth-order valence-corrected chi connectivity index (χ4v) is 3.23. The molecule has 1 aliphatic heterocycles. The minimum atomic E-state index is -0.522. The third-order valence-corrected chi connectivity index (χ3v) is 4.41. The van der Waals surface area contributed by atoms with Gasteiger partial charge in [-0.3, -0.25) is 9.59 Å². The molecule has 0 aromatic carbocycles. The summed E-state index contributed by atoms with van der Waals surface area (Å²) in [5.74, 6) is 0.565. The zero-order valence-corrected chi connectivity index (χ0v) is 13.1. The van der Waals surface area contributed by atoms with E-state index in [1.807, 2.05) is 0 Å². The first-order chi connectivity index (χ1) is 10.0. The lowest BCUT2D eigenvalue weighted by Gasteiger charge is -2.31. The number of nitrogens with two attached hydrogens (primary N) is 1. The molecule has 0 saturated carbocycles. The summed E-state index contributed by atoms with van der Waals surface area (Å²) in [6, 6.07) is -0.522. The molecule has 1 saturated heterocycles. The Balaban J connectivity index is 2.19. The van der Waals surface area contributed by atoms with Gasteiger partial charge in [0.15, 0.2) is 0 Å². The molecule has 0 spiro atoms. The van der Waals surface area contributed by atoms with Crippen LogP contribution in [0.15, 0.2) is 0 Å². The van der Waals surface area contributed by atoms with Crippen molar-refractivity contribution in [2.75, 3.05) is 32.5 Å². The minimum absolute atomic E-state index is 0.0760. The van der Waals surface area contributed by atoms with Crippen molar-refractivity contribution in [3.8, 4) is 0 Å². The van der Waals surface area contributed by atoms with Gasteiger partial charge in [-0.1, -0.05) is 6.42 Å². The van der Waals surface area contributed by atoms with Gasteiger partial charge in [0.25, 0.3) is 0 Å². The van der Waals surface area contributed by atoms with E-state index in [2.05, 4.69) is 5.32 Å². The molecule has 21 heavy (non-hydrogen) atoms. The SMILES string of the molecule is COC(=O)[C@@H]1CN(C(=O)CCCCCNC(N)=O)CCS1. The molecule has 0 radical (unpaired) electrons. The lowest BCUT2D eigenvalue weighted by atomic mass is 10.1. The van der Waals surface area contributed by atoms with E-state index in [-0.39, 0.29) is 17.1 Å². The second-order valence-corrected chi connectivity index (χ2v) is 6.13. The van der Waals surface area contributed by atoms with Crippen LogP contribution in [0.1, 0.15) is 25.7 Å². The van der Waals surface area contributed by atoms with Crippen molar-refractivity contribution >= 4 is 29.7 Å². The summed E-state index contributed by atoms with van der Waals surface area (Å²) < 4.78 is 4.72. The van der Waals surface area contributed by atoms with Gasteiger partial charge >= 0.3 is 12.0 Å². The first-order valence-electron chi connectivity index (χ1n) is 7.05. The number of primary amides is 1. The number of amides is 3. The van der Waals surface area contributed by atoms with E-state index < -0.39 is 6.03 Å². The molecule has 0 unspecified atom stereocenters. The quantitative estimate of drug-likeness (QED) is 0.520. The summed E-state index contributed by atoms with van der Waals surface area (Å²) in [6.45, 7) is 1.65. The topological polar surface area (TPSA) is 102 Å². The van der Waals surface area contributed by atoms with E-state index >= 15 is 0 Å². The minimum Gasteiger partial charge on any atom is -0.468 e. The van der Waals surface area contributed by atoms with Crippen molar-refractivity contribution in [2.45, 2.75) is 30.9 Å². The number of hydrogen-bond donors (Lipinski definition) is 2. The van der Waals surface area contributed by atoms with Gasteiger partial charge in [-0.05, 0) is 12.8 Å². The summed E-state index contributed by atoms with van der Waals surface area (Å²) in [6.07, 6.45) is 2.90. The molecule has 120 valence electrons. The van der Waals surface area contributed by atoms with Crippen molar-refractivity contribution < 1.29 is 19.1 Å². The molecule has 1 rings (SSSR count). The van der Waals surface area contributed by atoms with Gasteiger partial charge in [-0.15, -0.1) is 11.8 Å². The largest absolute Gasteiger partial charge is 0.468 e. The van der Waals surface area contributed by atoms with E-state index in [1.165, 1.54) is 18.9 Å². The standard InChI is InChI=1S/C13H23N3O4S/c1-20-12(18)10-9-16(7-8-21-10)11(17)5-3-2-4-6-15-13(14)19/h10H,2-9H2,1H3,(H3,14,15,19)/t10-/m0/s1. The van der Waals surface area contributed by atoms with E-state index in [9.17, 15) is 14.4 Å². The average molecular weight is 317 g/mol. The Kier molecular flexibility index (Phi) is 7.96. The van der Waals surface area contributed by atoms with Crippen LogP contribution in [0.2, 0.25) is 0 Å². The predicted molar refractivity (Wildman–Crippen MR) is 80.9 cm³/mol. The first-order valence-corrected chi connectivity index (χ1v) is 8.10. The van der Waals surface area contributed by atoms with Gasteiger partial charge in [0, 0.05) is 31.8 Å². The van der Waals surface area contributed by atoms with Crippen LogP contribution >= 0.6 is 11.8 Å². The molecule has 0 bridgehead atoms. The van der Waals surface area contributed by atoms with Crippen molar-refractivity contribution in [1.82, 2.24) is 10.2 Å². The van der Waals surface area contributed by atoms with Crippen LogP contribution in [-0.4, -0.2) is 60.6 Å². The van der Waals surface area contributed by atoms with Crippen molar-refractivity contribution in [2.24, 2.45) is 5.73 Å². The smallest absolute Gasteiger partial charge is 0.320 e. The van der Waals surface area contributed by atoms with Crippen LogP contribution in [-0.2, 0) is 14.3 Å². The molecule has 1 atom stereocenters. The summed E-state index contributed by atoms with van der Waals surface area (Å²) in [7, 11) is 1.36. The second kappa shape index (κ2) is 9.49. The first kappa shape index (κ1) is 17.6. The number of esters is 1. The Hall–Kier alpha value is -1.44. The highest BCUT2D eigenvalue weighted by molar-refractivity contribution is 8.00. The zero-order chi connectivity index (χ0) is 15.7. The van der Waals surface area contributed by atoms with Gasteiger partial charge in [0.05, 0.1) is 7.11 Å². The highest BCUT2D eigenvalue weighted by Gasteiger charge is 2.29. The number of methoxy groups -OCH3 is 1. The van der Waals surface area contributed by atoms with Crippen LogP contribution in [0.5, 0.6) is 0 Å². The van der Waals surface area contributed by atoms with E-state index in [0.29, 0.717) is 26.1 Å². The molecule has 0 aromatic rings. The lowest BCUT2D eigenvalue weighted by molar-refractivity contribution is -0.141. The number of ether oxygens (including phenoxy) is 1. The van der Waals surface area contributed by atoms with Crippen LogP contribution in [0.25, 0.3) is 0 Å². The maximum Gasteiger partial charge on any atom is 0.320 e. The van der Waals surface area contributed by atoms with Crippen molar-refractivity contribution in [3.05, 3.63) is 0 Å². The Morgan fingerprint density at radius 2 is 2.10 bits per heavy atom. The highest BCUT2D eigenvalue weighted by Crippen LogP contribution is 2.20.